The summed E-state index contributed by atoms with van der Waals surface area (Å²) in [6.07, 6.45) is 4.31. The van der Waals surface area contributed by atoms with Crippen LogP contribution < -0.4 is 9.47 Å². The molecule has 9 nitrogen and oxygen atoms in total. The SMILES string of the molecule is COc1cc(/C=C2\SC(=Nc3ccc([N+](=O)[O-])cc3)N(CCc3c[nH]c4ccccc34)C2=O)cc(I)c1OCc1ccccc1F. The summed E-state index contributed by atoms with van der Waals surface area (Å²) in [5.41, 5.74) is 3.68. The number of nitrogens with one attached hydrogen (secondary N) is 1. The van der Waals surface area contributed by atoms with E-state index in [0.717, 1.165) is 20.0 Å². The number of methoxy groups -OCH3 is 1. The molecule has 6 rings (SSSR count). The lowest BCUT2D eigenvalue weighted by molar-refractivity contribution is -0.384. The minimum atomic E-state index is -0.467. The Hall–Kier alpha value is -4.69. The van der Waals surface area contributed by atoms with Gasteiger partial charge in [-0.3, -0.25) is 19.8 Å². The van der Waals surface area contributed by atoms with E-state index in [1.165, 1.54) is 37.1 Å². The summed E-state index contributed by atoms with van der Waals surface area (Å²) >= 11 is 3.36. The minimum Gasteiger partial charge on any atom is -0.493 e. The molecule has 1 N–H and O–H groups in total. The second kappa shape index (κ2) is 13.7. The Morgan fingerprint density at radius 1 is 1.07 bits per heavy atom. The summed E-state index contributed by atoms with van der Waals surface area (Å²) in [6.45, 7) is 0.405. The molecule has 1 aliphatic rings. The molecule has 232 valence electrons. The second-order valence-corrected chi connectivity index (χ2v) is 12.4. The highest BCUT2D eigenvalue weighted by molar-refractivity contribution is 14.1. The molecule has 46 heavy (non-hydrogen) atoms. The van der Waals surface area contributed by atoms with Gasteiger partial charge in [0.1, 0.15) is 12.4 Å². The molecule has 1 saturated heterocycles. The average molecular weight is 749 g/mol. The maximum Gasteiger partial charge on any atom is 0.269 e. The third-order valence-corrected chi connectivity index (χ3v) is 9.14. The number of aromatic nitrogens is 1. The molecular weight excluding hydrogens is 722 g/mol. The Morgan fingerprint density at radius 2 is 1.83 bits per heavy atom. The Morgan fingerprint density at radius 3 is 2.59 bits per heavy atom. The maximum absolute atomic E-state index is 14.2. The molecule has 0 aliphatic carbocycles. The van der Waals surface area contributed by atoms with Crippen LogP contribution in [0.2, 0.25) is 0 Å². The lowest BCUT2D eigenvalue weighted by atomic mass is 10.1. The number of thioether (sulfide) groups is 1. The highest BCUT2D eigenvalue weighted by atomic mass is 127. The van der Waals surface area contributed by atoms with E-state index in [9.17, 15) is 19.3 Å². The largest absolute Gasteiger partial charge is 0.493 e. The van der Waals surface area contributed by atoms with Crippen molar-refractivity contribution in [1.82, 2.24) is 9.88 Å². The molecule has 0 bridgehead atoms. The summed E-state index contributed by atoms with van der Waals surface area (Å²) in [4.78, 5) is 34.6. The molecule has 0 spiro atoms. The fraction of sp³-hybridized carbons (Fsp3) is 0.118. The van der Waals surface area contributed by atoms with Gasteiger partial charge in [0.15, 0.2) is 16.7 Å². The number of hydrogen-bond donors (Lipinski definition) is 1. The summed E-state index contributed by atoms with van der Waals surface area (Å²) in [6, 6.07) is 23.9. The summed E-state index contributed by atoms with van der Waals surface area (Å²) < 4.78 is 26.5. The molecule has 5 aromatic rings. The van der Waals surface area contributed by atoms with Gasteiger partial charge in [0.25, 0.3) is 11.6 Å². The monoisotopic (exact) mass is 748 g/mol. The number of amidine groups is 1. The number of nitro groups is 1. The van der Waals surface area contributed by atoms with E-state index in [1.807, 2.05) is 36.5 Å². The lowest BCUT2D eigenvalue weighted by Crippen LogP contribution is -2.31. The predicted molar refractivity (Wildman–Crippen MR) is 186 cm³/mol. The first-order valence-electron chi connectivity index (χ1n) is 14.1. The third-order valence-electron chi connectivity index (χ3n) is 7.33. The van der Waals surface area contributed by atoms with E-state index >= 15 is 0 Å². The molecule has 0 unspecified atom stereocenters. The Labute approximate surface area is 281 Å². The van der Waals surface area contributed by atoms with Crippen LogP contribution in [0.5, 0.6) is 11.5 Å². The molecule has 0 atom stereocenters. The van der Waals surface area contributed by atoms with E-state index in [1.54, 1.807) is 47.4 Å². The van der Waals surface area contributed by atoms with Crippen LogP contribution in [-0.4, -0.2) is 39.5 Å². The van der Waals surface area contributed by atoms with Crippen molar-refractivity contribution in [2.45, 2.75) is 13.0 Å². The number of rotatable bonds is 10. The first-order valence-corrected chi connectivity index (χ1v) is 16.0. The molecule has 0 saturated carbocycles. The number of hydrogen-bond acceptors (Lipinski definition) is 7. The number of benzene rings is 4. The van der Waals surface area contributed by atoms with Crippen molar-refractivity contribution in [3.8, 4) is 11.5 Å². The van der Waals surface area contributed by atoms with Crippen LogP contribution in [0.1, 0.15) is 16.7 Å². The highest BCUT2D eigenvalue weighted by Gasteiger charge is 2.33. The minimum absolute atomic E-state index is 0.0294. The Kier molecular flexibility index (Phi) is 9.35. The van der Waals surface area contributed by atoms with Crippen molar-refractivity contribution in [3.05, 3.63) is 132 Å². The third kappa shape index (κ3) is 6.77. The van der Waals surface area contributed by atoms with Gasteiger partial charge < -0.3 is 14.5 Å². The summed E-state index contributed by atoms with van der Waals surface area (Å²) in [5, 5.41) is 12.7. The van der Waals surface area contributed by atoms with Gasteiger partial charge in [-0.2, -0.15) is 0 Å². The van der Waals surface area contributed by atoms with Crippen molar-refractivity contribution >= 4 is 73.8 Å². The second-order valence-electron chi connectivity index (χ2n) is 10.3. The van der Waals surface area contributed by atoms with Gasteiger partial charge in [0, 0.05) is 41.3 Å². The topological polar surface area (TPSA) is 110 Å². The van der Waals surface area contributed by atoms with Crippen molar-refractivity contribution in [3.63, 3.8) is 0 Å². The quantitative estimate of drug-likeness (QED) is 0.0667. The molecule has 1 aromatic heterocycles. The number of non-ortho nitro benzene ring substituents is 1. The molecule has 0 radical (unpaired) electrons. The Bertz CT molecular complexity index is 2010. The van der Waals surface area contributed by atoms with Crippen molar-refractivity contribution in [2.24, 2.45) is 4.99 Å². The van der Waals surface area contributed by atoms with E-state index in [4.69, 9.17) is 14.5 Å². The van der Waals surface area contributed by atoms with Crippen molar-refractivity contribution in [2.75, 3.05) is 13.7 Å². The van der Waals surface area contributed by atoms with Gasteiger partial charge in [-0.25, -0.2) is 9.38 Å². The number of aliphatic imine (C=N–C) groups is 1. The first kappa shape index (κ1) is 31.3. The molecule has 4 aromatic carbocycles. The highest BCUT2D eigenvalue weighted by Crippen LogP contribution is 2.39. The lowest BCUT2D eigenvalue weighted by Gasteiger charge is -2.15. The van der Waals surface area contributed by atoms with E-state index in [-0.39, 0.29) is 24.0 Å². The number of aromatic amines is 1. The molecule has 1 aliphatic heterocycles. The van der Waals surface area contributed by atoms with Gasteiger partial charge in [-0.15, -0.1) is 0 Å². The van der Waals surface area contributed by atoms with Crippen molar-refractivity contribution in [1.29, 1.82) is 0 Å². The normalized spacial score (nSPS) is 14.8. The number of amides is 1. The van der Waals surface area contributed by atoms with Crippen LogP contribution in [0, 0.1) is 19.5 Å². The predicted octanol–water partition coefficient (Wildman–Crippen LogP) is 8.25. The van der Waals surface area contributed by atoms with Gasteiger partial charge in [-0.1, -0.05) is 36.4 Å². The standard InChI is InChI=1S/C34H26FIN4O5S/c1-44-30-17-21(16-28(36)32(30)45-20-23-6-2-4-8-27(23)35)18-31-33(41)39(15-14-22-19-37-29-9-5-3-7-26(22)29)34(46-31)38-24-10-12-25(13-11-24)40(42)43/h2-13,16-19,37H,14-15,20H2,1H3/b31-18-,38-34?. The van der Waals surface area contributed by atoms with Crippen LogP contribution in [0.4, 0.5) is 15.8 Å². The first-order chi connectivity index (χ1) is 22.3. The number of H-pyrrole nitrogens is 1. The number of carbonyl (C=O) groups is 1. The zero-order chi connectivity index (χ0) is 32.2. The zero-order valence-electron chi connectivity index (χ0n) is 24.4. The smallest absolute Gasteiger partial charge is 0.269 e. The van der Waals surface area contributed by atoms with Gasteiger partial charge >= 0.3 is 0 Å². The van der Waals surface area contributed by atoms with Gasteiger partial charge in [0.05, 0.1) is 26.2 Å². The number of carbonyl (C=O) groups excluding carboxylic acids is 1. The number of nitrogens with zero attached hydrogens (tertiary/aromatic N) is 3. The van der Waals surface area contributed by atoms with Gasteiger partial charge in [-0.05, 0) is 94.4 Å². The van der Waals surface area contributed by atoms with Gasteiger partial charge in [0.2, 0.25) is 0 Å². The number of nitro benzene ring substituents is 1. The summed E-state index contributed by atoms with van der Waals surface area (Å²) in [5.74, 6) is 0.357. The van der Waals surface area contributed by atoms with E-state index in [0.29, 0.717) is 51.4 Å². The molecule has 1 amide bonds. The average Bonchev–Trinajstić information content (AvgIpc) is 3.59. The number of para-hydroxylation sites is 1. The number of ether oxygens (including phenoxy) is 2. The van der Waals surface area contributed by atoms with Crippen LogP contribution in [0.15, 0.2) is 101 Å². The van der Waals surface area contributed by atoms with Crippen LogP contribution in [-0.2, 0) is 17.8 Å². The maximum atomic E-state index is 14.2. The summed E-state index contributed by atoms with van der Waals surface area (Å²) in [7, 11) is 1.52. The molecule has 2 heterocycles. The van der Waals surface area contributed by atoms with E-state index in [2.05, 4.69) is 27.6 Å². The van der Waals surface area contributed by atoms with E-state index < -0.39 is 4.92 Å². The number of fused-ring (bicyclic) bond motifs is 1. The number of halogens is 2. The van der Waals surface area contributed by atoms with Crippen molar-refractivity contribution < 1.29 is 23.6 Å². The fourth-order valence-electron chi connectivity index (χ4n) is 5.00. The Balaban J connectivity index is 1.29. The molecular formula is C34H26FIN4O5S. The molecule has 1 fully saturated rings. The van der Waals surface area contributed by atoms with Crippen LogP contribution >= 0.6 is 34.4 Å². The van der Waals surface area contributed by atoms with Crippen LogP contribution in [0.3, 0.4) is 0 Å². The fourth-order valence-corrected chi connectivity index (χ4v) is 6.80. The van der Waals surface area contributed by atoms with Crippen LogP contribution in [0.25, 0.3) is 17.0 Å². The zero-order valence-corrected chi connectivity index (χ0v) is 27.4. The molecule has 12 heteroatoms.